The number of benzene rings is 2. The van der Waals surface area contributed by atoms with Crippen molar-refractivity contribution in [3.05, 3.63) is 94.5 Å². The highest BCUT2D eigenvalue weighted by Crippen LogP contribution is 2.44. The van der Waals surface area contributed by atoms with Crippen molar-refractivity contribution in [1.29, 1.82) is 0 Å². The third-order valence-corrected chi connectivity index (χ3v) is 9.54. The van der Waals surface area contributed by atoms with Gasteiger partial charge in [0.25, 0.3) is 0 Å². The lowest BCUT2D eigenvalue weighted by Gasteiger charge is -2.33. The predicted molar refractivity (Wildman–Crippen MR) is 162 cm³/mol. The zero-order valence-corrected chi connectivity index (χ0v) is 25.4. The lowest BCUT2D eigenvalue weighted by molar-refractivity contribution is -0.143. The quantitative estimate of drug-likeness (QED) is 0.244. The molecule has 2 unspecified atom stereocenters. The van der Waals surface area contributed by atoms with Gasteiger partial charge in [-0.15, -0.1) is 0 Å². The van der Waals surface area contributed by atoms with Crippen LogP contribution >= 0.6 is 0 Å². The summed E-state index contributed by atoms with van der Waals surface area (Å²) in [7, 11) is 0. The Morgan fingerprint density at radius 1 is 0.844 bits per heavy atom. The number of ether oxygens (including phenoxy) is 1. The molecule has 2 aromatic carbocycles. The molecule has 3 fully saturated rings. The second-order valence-corrected chi connectivity index (χ2v) is 12.4. The van der Waals surface area contributed by atoms with E-state index in [4.69, 9.17) is 9.72 Å². The highest BCUT2D eigenvalue weighted by atomic mass is 19.4. The van der Waals surface area contributed by atoms with Crippen LogP contribution in [0.3, 0.4) is 0 Å². The molecule has 0 N–H and O–H groups in total. The Hall–Kier alpha value is -3.69. The molecular weight excluding hydrogens is 592 g/mol. The first-order chi connectivity index (χ1) is 21.3. The van der Waals surface area contributed by atoms with Gasteiger partial charge in [-0.3, -0.25) is 0 Å². The number of hydrogen-bond donors (Lipinski definition) is 0. The van der Waals surface area contributed by atoms with Gasteiger partial charge in [-0.2, -0.15) is 26.3 Å². The van der Waals surface area contributed by atoms with E-state index in [0.29, 0.717) is 5.92 Å². The summed E-state index contributed by atoms with van der Waals surface area (Å²) in [6.45, 7) is 9.89. The molecule has 0 radical (unpaired) electrons. The number of alkyl halides is 6. The maximum atomic E-state index is 13.6. The molecule has 45 heavy (non-hydrogen) atoms. The van der Waals surface area contributed by atoms with Gasteiger partial charge >= 0.3 is 12.4 Å². The average molecular weight is 630 g/mol. The van der Waals surface area contributed by atoms with Crippen molar-refractivity contribution in [1.82, 2.24) is 9.88 Å². The lowest BCUT2D eigenvalue weighted by Crippen LogP contribution is -2.38. The van der Waals surface area contributed by atoms with Crippen LogP contribution in [0.1, 0.15) is 91.5 Å². The molecule has 1 aliphatic carbocycles. The van der Waals surface area contributed by atoms with E-state index in [1.807, 2.05) is 6.07 Å². The van der Waals surface area contributed by atoms with Gasteiger partial charge in [-0.25, -0.2) is 4.98 Å². The number of pyridine rings is 1. The van der Waals surface area contributed by atoms with Crippen molar-refractivity contribution in [3.63, 3.8) is 0 Å². The van der Waals surface area contributed by atoms with E-state index in [0.717, 1.165) is 60.7 Å². The minimum Gasteiger partial charge on any atom is -0.469 e. The van der Waals surface area contributed by atoms with Gasteiger partial charge in [-0.1, -0.05) is 38.0 Å². The van der Waals surface area contributed by atoms with Crippen molar-refractivity contribution in [2.75, 3.05) is 18.0 Å². The number of halogens is 6. The lowest BCUT2D eigenvalue weighted by atomic mass is 9.89. The van der Waals surface area contributed by atoms with E-state index in [1.165, 1.54) is 36.8 Å². The topological polar surface area (TPSA) is 28.6 Å². The van der Waals surface area contributed by atoms with E-state index >= 15 is 0 Å². The first-order valence-electron chi connectivity index (χ1n) is 15.6. The van der Waals surface area contributed by atoms with Crippen molar-refractivity contribution in [3.8, 4) is 11.1 Å². The molecule has 3 heterocycles. The number of aryl methyl sites for hydroxylation is 1. The van der Waals surface area contributed by atoms with Crippen LogP contribution in [0.2, 0.25) is 0 Å². The summed E-state index contributed by atoms with van der Waals surface area (Å²) in [5.41, 5.74) is 2.37. The molecule has 0 spiro atoms. The average Bonchev–Trinajstić information content (AvgIpc) is 3.60. The summed E-state index contributed by atoms with van der Waals surface area (Å²) in [5, 5.41) is 0. The second kappa shape index (κ2) is 11.9. The van der Waals surface area contributed by atoms with Crippen LogP contribution in [0, 0.1) is 0 Å². The Bertz CT molecular complexity index is 1540. The molecule has 2 aliphatic heterocycles. The Balaban J connectivity index is 1.38. The van der Waals surface area contributed by atoms with Crippen LogP contribution in [0.15, 0.2) is 61.0 Å². The van der Waals surface area contributed by atoms with Crippen molar-refractivity contribution in [2.24, 2.45) is 0 Å². The molecule has 240 valence electrons. The molecule has 3 aliphatic rings. The SMILES string of the molecule is C=C1OC(c2cc(C(F)(F)F)cc(C(F)(F)F)c2)C(C)N1Cc1nc(N2CCC2)ccc1-c1cc(C2CCCC2)ccc1CC. The number of anilines is 1. The fraction of sp³-hybridized carbons (Fsp3) is 0.457. The summed E-state index contributed by atoms with van der Waals surface area (Å²) in [4.78, 5) is 9.06. The van der Waals surface area contributed by atoms with E-state index in [9.17, 15) is 26.3 Å². The molecule has 1 aromatic heterocycles. The third-order valence-electron chi connectivity index (χ3n) is 9.54. The van der Waals surface area contributed by atoms with Crippen molar-refractivity contribution < 1.29 is 31.1 Å². The van der Waals surface area contributed by atoms with Crippen LogP contribution in [-0.2, 0) is 30.1 Å². The van der Waals surface area contributed by atoms with Gasteiger partial charge in [0.05, 0.1) is 29.4 Å². The number of nitrogens with zero attached hydrogens (tertiary/aromatic N) is 3. The molecular formula is C35H37F6N3O. The van der Waals surface area contributed by atoms with Gasteiger partial charge in [-0.05, 0) is 97.7 Å². The number of hydrogen-bond acceptors (Lipinski definition) is 4. The third kappa shape index (κ3) is 6.25. The zero-order chi connectivity index (χ0) is 32.1. The summed E-state index contributed by atoms with van der Waals surface area (Å²) in [5.74, 6) is 1.54. The Kier molecular flexibility index (Phi) is 8.29. The van der Waals surface area contributed by atoms with Crippen molar-refractivity contribution >= 4 is 5.82 Å². The molecule has 6 rings (SSSR count). The second-order valence-electron chi connectivity index (χ2n) is 12.4. The molecule has 2 atom stereocenters. The minimum absolute atomic E-state index is 0.137. The summed E-state index contributed by atoms with van der Waals surface area (Å²) < 4.78 is 87.8. The molecule has 0 bridgehead atoms. The fourth-order valence-electron chi connectivity index (χ4n) is 6.83. The minimum atomic E-state index is -4.95. The van der Waals surface area contributed by atoms with Gasteiger partial charge in [0.2, 0.25) is 0 Å². The highest BCUT2D eigenvalue weighted by molar-refractivity contribution is 5.72. The van der Waals surface area contributed by atoms with Gasteiger partial charge in [0.15, 0.2) is 5.88 Å². The first kappa shape index (κ1) is 31.3. The smallest absolute Gasteiger partial charge is 0.416 e. The largest absolute Gasteiger partial charge is 0.469 e. The van der Waals surface area contributed by atoms with Crippen LogP contribution < -0.4 is 4.90 Å². The number of rotatable bonds is 7. The van der Waals surface area contributed by atoms with E-state index in [1.54, 1.807) is 11.8 Å². The summed E-state index contributed by atoms with van der Waals surface area (Å²) >= 11 is 0. The maximum Gasteiger partial charge on any atom is 0.416 e. The molecule has 0 amide bonds. The predicted octanol–water partition coefficient (Wildman–Crippen LogP) is 9.65. The van der Waals surface area contributed by atoms with Crippen molar-refractivity contribution in [2.45, 2.75) is 89.3 Å². The normalized spacial score (nSPS) is 20.9. The summed E-state index contributed by atoms with van der Waals surface area (Å²) in [6.07, 6.45) is -4.31. The highest BCUT2D eigenvalue weighted by Gasteiger charge is 2.42. The first-order valence-corrected chi connectivity index (χ1v) is 15.6. The van der Waals surface area contributed by atoms with Crippen LogP contribution in [0.4, 0.5) is 32.2 Å². The Morgan fingerprint density at radius 2 is 1.51 bits per heavy atom. The van der Waals surface area contributed by atoms with Crippen LogP contribution in [0.5, 0.6) is 0 Å². The van der Waals surface area contributed by atoms with E-state index in [2.05, 4.69) is 42.7 Å². The number of aromatic nitrogens is 1. The van der Waals surface area contributed by atoms with Crippen LogP contribution in [0.25, 0.3) is 11.1 Å². The van der Waals surface area contributed by atoms with Crippen LogP contribution in [-0.4, -0.2) is 29.0 Å². The summed E-state index contributed by atoms with van der Waals surface area (Å²) in [6, 6.07) is 11.8. The van der Waals surface area contributed by atoms with Gasteiger partial charge < -0.3 is 14.5 Å². The monoisotopic (exact) mass is 629 g/mol. The fourth-order valence-corrected chi connectivity index (χ4v) is 6.83. The molecule has 3 aromatic rings. The Labute approximate surface area is 259 Å². The van der Waals surface area contributed by atoms with Gasteiger partial charge in [0, 0.05) is 18.7 Å². The molecule has 2 saturated heterocycles. The molecule has 1 saturated carbocycles. The zero-order valence-electron chi connectivity index (χ0n) is 25.4. The van der Waals surface area contributed by atoms with Gasteiger partial charge in [0.1, 0.15) is 11.9 Å². The molecule has 10 heteroatoms. The van der Waals surface area contributed by atoms with E-state index in [-0.39, 0.29) is 24.1 Å². The maximum absolute atomic E-state index is 13.6. The standard InChI is InChI=1S/C35H37F6N3O/c1-4-23-10-11-25(24-8-5-6-9-24)18-30(23)29-12-13-32(43-14-7-15-43)42-31(29)20-44-21(2)33(45-22(44)3)26-16-27(34(36,37)38)19-28(17-26)35(39,40)41/h10-13,16-19,21,24,33H,3-9,14-15,20H2,1-2H3. The molecule has 4 nitrogen and oxygen atoms in total. The Morgan fingerprint density at radius 3 is 2.09 bits per heavy atom. The van der Waals surface area contributed by atoms with E-state index < -0.39 is 35.6 Å².